The molecule has 0 aromatic rings. The molecule has 2 fully saturated rings. The molecule has 3 heteroatoms. The van der Waals surface area contributed by atoms with Crippen molar-refractivity contribution in [3.8, 4) is 0 Å². The zero-order chi connectivity index (χ0) is 7.14. The van der Waals surface area contributed by atoms with Gasteiger partial charge in [0, 0.05) is 6.42 Å². The maximum atomic E-state index is 9.46. The average molecular weight is 144 g/mol. The van der Waals surface area contributed by atoms with Gasteiger partial charge in [-0.2, -0.15) is 0 Å². The Labute approximate surface area is 59.9 Å². The molecule has 2 rings (SSSR count). The van der Waals surface area contributed by atoms with Gasteiger partial charge in [0.2, 0.25) is 0 Å². The number of fused-ring (bicyclic) bond motifs is 2. The predicted octanol–water partition coefficient (Wildman–Crippen LogP) is 0.129. The van der Waals surface area contributed by atoms with Crippen molar-refractivity contribution in [1.82, 2.24) is 0 Å². The van der Waals surface area contributed by atoms with Gasteiger partial charge >= 0.3 is 0 Å². The molecule has 1 N–H and O–H groups in total. The number of aliphatic hydroxyl groups excluding tert-OH is 1. The van der Waals surface area contributed by atoms with Crippen LogP contribution in [0.4, 0.5) is 0 Å². The highest BCUT2D eigenvalue weighted by Crippen LogP contribution is 2.30. The molecular weight excluding hydrogens is 132 g/mol. The van der Waals surface area contributed by atoms with Crippen molar-refractivity contribution in [1.29, 1.82) is 0 Å². The molecule has 3 nitrogen and oxygen atoms in total. The average Bonchev–Trinajstić information content (AvgIpc) is 2.29. The second kappa shape index (κ2) is 2.19. The Morgan fingerprint density at radius 2 is 2.30 bits per heavy atom. The number of hydrogen-bond donors (Lipinski definition) is 1. The van der Waals surface area contributed by atoms with Crippen molar-refractivity contribution in [3.63, 3.8) is 0 Å². The molecule has 2 saturated heterocycles. The van der Waals surface area contributed by atoms with Gasteiger partial charge in [-0.1, -0.05) is 6.92 Å². The van der Waals surface area contributed by atoms with E-state index in [1.807, 2.05) is 6.92 Å². The molecule has 10 heavy (non-hydrogen) atoms. The molecule has 0 spiro atoms. The molecule has 0 unspecified atom stereocenters. The summed E-state index contributed by atoms with van der Waals surface area (Å²) in [5, 5.41) is 9.46. The largest absolute Gasteiger partial charge is 0.390 e. The molecule has 0 aromatic heterocycles. The van der Waals surface area contributed by atoms with E-state index < -0.39 is 0 Å². The standard InChI is InChI=1S/C7H12O3/c1-4-2-6-9-3-5(10-6)7(4)8/h4-8H,2-3H2,1H3/t4-,5-,6-,7+/m1/s1. The molecule has 2 aliphatic rings. The molecule has 0 amide bonds. The van der Waals surface area contributed by atoms with Crippen LogP contribution >= 0.6 is 0 Å². The third kappa shape index (κ3) is 0.856. The summed E-state index contributed by atoms with van der Waals surface area (Å²) >= 11 is 0. The van der Waals surface area contributed by atoms with Crippen LogP contribution in [0.25, 0.3) is 0 Å². The van der Waals surface area contributed by atoms with E-state index in [0.717, 1.165) is 6.42 Å². The van der Waals surface area contributed by atoms with E-state index in [1.165, 1.54) is 0 Å². The highest BCUT2D eigenvalue weighted by molar-refractivity contribution is 4.84. The number of ether oxygens (including phenoxy) is 2. The SMILES string of the molecule is C[C@@H]1C[C@@H]2OC[C@@H](O2)[C@H]1O. The minimum atomic E-state index is -0.321. The lowest BCUT2D eigenvalue weighted by Gasteiger charge is -2.28. The molecular formula is C7H12O3. The first kappa shape index (κ1) is 6.58. The first-order valence-corrected chi connectivity index (χ1v) is 3.72. The van der Waals surface area contributed by atoms with E-state index in [4.69, 9.17) is 9.47 Å². The fourth-order valence-electron chi connectivity index (χ4n) is 1.59. The third-order valence-electron chi connectivity index (χ3n) is 2.30. The van der Waals surface area contributed by atoms with Gasteiger partial charge in [0.15, 0.2) is 6.29 Å². The zero-order valence-corrected chi connectivity index (χ0v) is 5.99. The Morgan fingerprint density at radius 1 is 1.50 bits per heavy atom. The first-order chi connectivity index (χ1) is 4.77. The van der Waals surface area contributed by atoms with Crippen LogP contribution in [0.5, 0.6) is 0 Å². The van der Waals surface area contributed by atoms with E-state index in [1.54, 1.807) is 0 Å². The summed E-state index contributed by atoms with van der Waals surface area (Å²) in [6, 6.07) is 0. The van der Waals surface area contributed by atoms with Crippen LogP contribution in [-0.4, -0.2) is 30.2 Å². The Bertz CT molecular complexity index is 137. The third-order valence-corrected chi connectivity index (χ3v) is 2.30. The Hall–Kier alpha value is -0.120. The lowest BCUT2D eigenvalue weighted by atomic mass is 9.95. The monoisotopic (exact) mass is 144 g/mol. The molecule has 58 valence electrons. The van der Waals surface area contributed by atoms with Gasteiger partial charge in [-0.05, 0) is 5.92 Å². The van der Waals surface area contributed by atoms with E-state index in [2.05, 4.69) is 0 Å². The van der Waals surface area contributed by atoms with Crippen molar-refractivity contribution in [3.05, 3.63) is 0 Å². The van der Waals surface area contributed by atoms with Crippen molar-refractivity contribution >= 4 is 0 Å². The van der Waals surface area contributed by atoms with E-state index in [9.17, 15) is 5.11 Å². The van der Waals surface area contributed by atoms with E-state index in [-0.39, 0.29) is 18.5 Å². The molecule has 4 atom stereocenters. The fourth-order valence-corrected chi connectivity index (χ4v) is 1.59. The van der Waals surface area contributed by atoms with Crippen LogP contribution in [0.2, 0.25) is 0 Å². The smallest absolute Gasteiger partial charge is 0.158 e. The van der Waals surface area contributed by atoms with Crippen LogP contribution in [0, 0.1) is 5.92 Å². The fraction of sp³-hybridized carbons (Fsp3) is 1.00. The molecule has 0 aromatic carbocycles. The lowest BCUT2D eigenvalue weighted by Crippen LogP contribution is -2.39. The van der Waals surface area contributed by atoms with Gasteiger partial charge in [0.1, 0.15) is 6.10 Å². The van der Waals surface area contributed by atoms with Gasteiger partial charge in [-0.25, -0.2) is 0 Å². The van der Waals surface area contributed by atoms with E-state index in [0.29, 0.717) is 12.5 Å². The number of aliphatic hydroxyl groups is 1. The van der Waals surface area contributed by atoms with Crippen LogP contribution in [0.1, 0.15) is 13.3 Å². The van der Waals surface area contributed by atoms with Gasteiger partial charge in [-0.3, -0.25) is 0 Å². The summed E-state index contributed by atoms with van der Waals surface area (Å²) in [5.74, 6) is 0.325. The minimum absolute atomic E-state index is 0.0385. The summed E-state index contributed by atoms with van der Waals surface area (Å²) in [7, 11) is 0. The van der Waals surface area contributed by atoms with E-state index >= 15 is 0 Å². The summed E-state index contributed by atoms with van der Waals surface area (Å²) < 4.78 is 10.5. The van der Waals surface area contributed by atoms with Gasteiger partial charge in [0.25, 0.3) is 0 Å². The molecule has 2 bridgehead atoms. The van der Waals surface area contributed by atoms with Crippen LogP contribution in [0.3, 0.4) is 0 Å². The normalized spacial score (nSPS) is 53.4. The van der Waals surface area contributed by atoms with Crippen molar-refractivity contribution in [2.45, 2.75) is 31.8 Å². The highest BCUT2D eigenvalue weighted by Gasteiger charge is 2.40. The van der Waals surface area contributed by atoms with Gasteiger partial charge in [-0.15, -0.1) is 0 Å². The molecule has 2 aliphatic heterocycles. The Morgan fingerprint density at radius 3 is 3.10 bits per heavy atom. The summed E-state index contributed by atoms with van der Waals surface area (Å²) in [6.07, 6.45) is 0.411. The Balaban J connectivity index is 2.09. The second-order valence-corrected chi connectivity index (χ2v) is 3.14. The molecule has 0 aliphatic carbocycles. The van der Waals surface area contributed by atoms with Crippen LogP contribution in [0.15, 0.2) is 0 Å². The van der Waals surface area contributed by atoms with Crippen LogP contribution in [-0.2, 0) is 9.47 Å². The maximum Gasteiger partial charge on any atom is 0.158 e. The predicted molar refractivity (Wildman–Crippen MR) is 34.4 cm³/mol. The zero-order valence-electron chi connectivity index (χ0n) is 5.99. The van der Waals surface area contributed by atoms with Crippen molar-refractivity contribution in [2.75, 3.05) is 6.61 Å². The van der Waals surface area contributed by atoms with Crippen molar-refractivity contribution in [2.24, 2.45) is 5.92 Å². The summed E-state index contributed by atoms with van der Waals surface area (Å²) in [6.45, 7) is 2.60. The molecule has 0 saturated carbocycles. The quantitative estimate of drug-likeness (QED) is 0.525. The van der Waals surface area contributed by atoms with Crippen LogP contribution < -0.4 is 0 Å². The van der Waals surface area contributed by atoms with Gasteiger partial charge < -0.3 is 14.6 Å². The highest BCUT2D eigenvalue weighted by atomic mass is 16.7. The maximum absolute atomic E-state index is 9.46. The lowest BCUT2D eigenvalue weighted by molar-refractivity contribution is -0.140. The minimum Gasteiger partial charge on any atom is -0.390 e. The molecule has 2 heterocycles. The summed E-state index contributed by atoms with van der Waals surface area (Å²) in [4.78, 5) is 0. The summed E-state index contributed by atoms with van der Waals surface area (Å²) in [5.41, 5.74) is 0. The number of rotatable bonds is 0. The topological polar surface area (TPSA) is 38.7 Å². The molecule has 0 radical (unpaired) electrons. The number of hydrogen-bond acceptors (Lipinski definition) is 3. The first-order valence-electron chi connectivity index (χ1n) is 3.72. The second-order valence-electron chi connectivity index (χ2n) is 3.14. The van der Waals surface area contributed by atoms with Crippen molar-refractivity contribution < 1.29 is 14.6 Å². The van der Waals surface area contributed by atoms with Gasteiger partial charge in [0.05, 0.1) is 12.7 Å². The Kier molecular flexibility index (Phi) is 1.44.